The number of aromatic nitrogens is 1. The van der Waals surface area contributed by atoms with Crippen LogP contribution in [0, 0.1) is 5.92 Å². The fourth-order valence-corrected chi connectivity index (χ4v) is 4.49. The number of hydrogen-bond acceptors (Lipinski definition) is 3. The Kier molecular flexibility index (Phi) is 6.13. The van der Waals surface area contributed by atoms with Gasteiger partial charge in [0.2, 0.25) is 5.91 Å². The van der Waals surface area contributed by atoms with Crippen molar-refractivity contribution in [2.75, 3.05) is 31.5 Å². The van der Waals surface area contributed by atoms with Crippen molar-refractivity contribution in [3.05, 3.63) is 48.5 Å². The lowest BCUT2D eigenvalue weighted by atomic mass is 9.96. The summed E-state index contributed by atoms with van der Waals surface area (Å²) in [4.78, 5) is 21.6. The van der Waals surface area contributed by atoms with Crippen LogP contribution in [0.4, 0.5) is 5.69 Å². The largest absolute Gasteiger partial charge is 0.348 e. The molecule has 0 bridgehead atoms. The summed E-state index contributed by atoms with van der Waals surface area (Å²) in [6.45, 7) is 7.14. The molecule has 6 heteroatoms. The lowest BCUT2D eigenvalue weighted by Gasteiger charge is -2.36. The molecule has 30 heavy (non-hydrogen) atoms. The van der Waals surface area contributed by atoms with Gasteiger partial charge < -0.3 is 15.1 Å². The second-order valence-corrected chi connectivity index (χ2v) is 8.20. The first kappa shape index (κ1) is 20.5. The van der Waals surface area contributed by atoms with E-state index in [9.17, 15) is 4.79 Å². The zero-order valence-electron chi connectivity index (χ0n) is 17.6. The second-order valence-electron chi connectivity index (χ2n) is 7.81. The monoisotopic (exact) mass is 420 g/mol. The third-order valence-corrected chi connectivity index (χ3v) is 6.26. The Hall–Kier alpha value is -2.73. The van der Waals surface area contributed by atoms with Crippen molar-refractivity contribution in [1.82, 2.24) is 14.8 Å². The van der Waals surface area contributed by atoms with Crippen molar-refractivity contribution in [2.45, 2.75) is 26.7 Å². The maximum atomic E-state index is 12.8. The van der Waals surface area contributed by atoms with Gasteiger partial charge in [0.15, 0.2) is 5.11 Å². The molecule has 0 saturated carbocycles. The van der Waals surface area contributed by atoms with Gasteiger partial charge >= 0.3 is 0 Å². The number of carbonyl (C=O) groups is 1. The molecule has 4 rings (SSSR count). The lowest BCUT2D eigenvalue weighted by molar-refractivity contribution is -0.136. The summed E-state index contributed by atoms with van der Waals surface area (Å²) in [6.07, 6.45) is 1.91. The number of nitrogens with zero attached hydrogens (tertiary/aromatic N) is 3. The van der Waals surface area contributed by atoms with Gasteiger partial charge in [-0.2, -0.15) is 0 Å². The summed E-state index contributed by atoms with van der Waals surface area (Å²) in [6, 6.07) is 16.4. The van der Waals surface area contributed by atoms with E-state index in [1.165, 1.54) is 0 Å². The average molecular weight is 421 g/mol. The standard InChI is InChI=1S/C24H28N4OS/c1-3-27(4-2)23(29)19-9-7-13-28(16-19)24(30)25-20-12-11-18-14-17-8-5-6-10-21(17)26-22(18)15-20/h5-6,8,10-12,14-15,19H,3-4,7,9,13,16H2,1-2H3,(H,25,30)/t19-/m1/s1. The van der Waals surface area contributed by atoms with Gasteiger partial charge in [0.1, 0.15) is 0 Å². The van der Waals surface area contributed by atoms with Gasteiger partial charge in [0.25, 0.3) is 0 Å². The van der Waals surface area contributed by atoms with E-state index in [4.69, 9.17) is 17.2 Å². The van der Waals surface area contributed by atoms with Crippen LogP contribution < -0.4 is 5.32 Å². The summed E-state index contributed by atoms with van der Waals surface area (Å²) in [7, 11) is 0. The summed E-state index contributed by atoms with van der Waals surface area (Å²) in [5, 5.41) is 6.28. The number of fused-ring (bicyclic) bond motifs is 2. The number of para-hydroxylation sites is 1. The van der Waals surface area contributed by atoms with E-state index in [1.807, 2.05) is 49.1 Å². The third kappa shape index (κ3) is 4.24. The fraction of sp³-hybridized carbons (Fsp3) is 0.375. The molecule has 1 amide bonds. The highest BCUT2D eigenvalue weighted by Crippen LogP contribution is 2.24. The highest BCUT2D eigenvalue weighted by Gasteiger charge is 2.29. The predicted molar refractivity (Wildman–Crippen MR) is 128 cm³/mol. The first-order valence-corrected chi connectivity index (χ1v) is 11.1. The van der Waals surface area contributed by atoms with E-state index in [1.54, 1.807) is 0 Å². The number of pyridine rings is 1. The number of likely N-dealkylation sites (tertiary alicyclic amines) is 1. The number of rotatable bonds is 4. The highest BCUT2D eigenvalue weighted by molar-refractivity contribution is 7.80. The Morgan fingerprint density at radius 3 is 2.70 bits per heavy atom. The van der Waals surface area contributed by atoms with Crippen molar-refractivity contribution in [1.29, 1.82) is 0 Å². The SMILES string of the molecule is CCN(CC)C(=O)[C@@H]1CCCN(C(=S)Nc2ccc3cc4ccccc4nc3c2)C1. The van der Waals surface area contributed by atoms with Gasteiger partial charge in [-0.25, -0.2) is 4.98 Å². The molecule has 1 aliphatic rings. The highest BCUT2D eigenvalue weighted by atomic mass is 32.1. The minimum absolute atomic E-state index is 0.0167. The van der Waals surface area contributed by atoms with Crippen LogP contribution in [0.3, 0.4) is 0 Å². The Balaban J connectivity index is 1.48. The molecular formula is C24H28N4OS. The molecule has 5 nitrogen and oxygen atoms in total. The minimum Gasteiger partial charge on any atom is -0.348 e. The number of thiocarbonyl (C=S) groups is 1. The number of benzene rings is 2. The van der Waals surface area contributed by atoms with Crippen LogP contribution in [-0.4, -0.2) is 52.0 Å². The van der Waals surface area contributed by atoms with Crippen LogP contribution in [0.25, 0.3) is 21.8 Å². The van der Waals surface area contributed by atoms with Crippen LogP contribution in [0.1, 0.15) is 26.7 Å². The molecule has 1 aromatic heterocycles. The maximum Gasteiger partial charge on any atom is 0.227 e. The van der Waals surface area contributed by atoms with Gasteiger partial charge in [0.05, 0.1) is 17.0 Å². The van der Waals surface area contributed by atoms with E-state index < -0.39 is 0 Å². The number of piperidine rings is 1. The van der Waals surface area contributed by atoms with Crippen LogP contribution in [-0.2, 0) is 4.79 Å². The van der Waals surface area contributed by atoms with E-state index in [2.05, 4.69) is 28.4 Å². The van der Waals surface area contributed by atoms with Crippen LogP contribution in [0.15, 0.2) is 48.5 Å². The molecular weight excluding hydrogens is 392 g/mol. The molecule has 0 unspecified atom stereocenters. The molecule has 1 N–H and O–H groups in total. The summed E-state index contributed by atoms with van der Waals surface area (Å²) < 4.78 is 0. The van der Waals surface area contributed by atoms with E-state index in [0.717, 1.165) is 60.0 Å². The third-order valence-electron chi connectivity index (χ3n) is 5.90. The lowest BCUT2D eigenvalue weighted by Crippen LogP contribution is -2.47. The topological polar surface area (TPSA) is 48.5 Å². The van der Waals surface area contributed by atoms with E-state index >= 15 is 0 Å². The van der Waals surface area contributed by atoms with E-state index in [0.29, 0.717) is 11.7 Å². The summed E-state index contributed by atoms with van der Waals surface area (Å²) >= 11 is 5.69. The fourth-order valence-electron chi connectivity index (χ4n) is 4.21. The van der Waals surface area contributed by atoms with Crippen molar-refractivity contribution >= 4 is 50.7 Å². The average Bonchev–Trinajstić information content (AvgIpc) is 2.78. The molecule has 3 aromatic rings. The first-order valence-electron chi connectivity index (χ1n) is 10.7. The van der Waals surface area contributed by atoms with Crippen molar-refractivity contribution in [2.24, 2.45) is 5.92 Å². The number of anilines is 1. The van der Waals surface area contributed by atoms with Gasteiger partial charge in [0, 0.05) is 42.6 Å². The minimum atomic E-state index is 0.0167. The van der Waals surface area contributed by atoms with Crippen LogP contribution in [0.5, 0.6) is 0 Å². The number of nitrogens with one attached hydrogen (secondary N) is 1. The molecule has 0 radical (unpaired) electrons. The molecule has 1 saturated heterocycles. The van der Waals surface area contributed by atoms with Crippen LogP contribution >= 0.6 is 12.2 Å². The first-order chi connectivity index (χ1) is 14.6. The Morgan fingerprint density at radius 2 is 1.90 bits per heavy atom. The van der Waals surface area contributed by atoms with Crippen molar-refractivity contribution < 1.29 is 4.79 Å². The van der Waals surface area contributed by atoms with E-state index in [-0.39, 0.29) is 11.8 Å². The maximum absolute atomic E-state index is 12.8. The molecule has 156 valence electrons. The molecule has 2 heterocycles. The van der Waals surface area contributed by atoms with Gasteiger partial charge in [-0.05, 0) is 63.2 Å². The zero-order valence-corrected chi connectivity index (χ0v) is 18.4. The van der Waals surface area contributed by atoms with Crippen molar-refractivity contribution in [3.8, 4) is 0 Å². The Morgan fingerprint density at radius 1 is 1.13 bits per heavy atom. The normalized spacial score (nSPS) is 16.6. The van der Waals surface area contributed by atoms with Crippen molar-refractivity contribution in [3.63, 3.8) is 0 Å². The summed E-state index contributed by atoms with van der Waals surface area (Å²) in [5.41, 5.74) is 2.85. The van der Waals surface area contributed by atoms with Crippen LogP contribution in [0.2, 0.25) is 0 Å². The molecule has 2 aromatic carbocycles. The molecule has 1 fully saturated rings. The van der Waals surface area contributed by atoms with Gasteiger partial charge in [-0.3, -0.25) is 4.79 Å². The predicted octanol–water partition coefficient (Wildman–Crippen LogP) is 4.67. The molecule has 1 atom stereocenters. The molecule has 0 aliphatic carbocycles. The smallest absolute Gasteiger partial charge is 0.227 e. The van der Waals surface area contributed by atoms with Gasteiger partial charge in [-0.15, -0.1) is 0 Å². The zero-order chi connectivity index (χ0) is 21.1. The number of carbonyl (C=O) groups excluding carboxylic acids is 1. The quantitative estimate of drug-likeness (QED) is 0.491. The molecule has 1 aliphatic heterocycles. The van der Waals surface area contributed by atoms with Gasteiger partial charge in [-0.1, -0.05) is 24.3 Å². The Labute approximate surface area is 183 Å². The number of hydrogen-bond donors (Lipinski definition) is 1. The summed E-state index contributed by atoms with van der Waals surface area (Å²) in [5.74, 6) is 0.261. The molecule has 0 spiro atoms. The second kappa shape index (κ2) is 8.96. The number of amides is 1. The Bertz CT molecular complexity index is 1080.